The van der Waals surface area contributed by atoms with Crippen LogP contribution in [0.2, 0.25) is 0 Å². The Labute approximate surface area is 166 Å². The number of rotatable bonds is 8. The maximum Gasteiger partial charge on any atom is 0.419 e. The van der Waals surface area contributed by atoms with E-state index < -0.39 is 11.7 Å². The van der Waals surface area contributed by atoms with E-state index in [2.05, 4.69) is 20.6 Å². The van der Waals surface area contributed by atoms with Crippen molar-refractivity contribution >= 4 is 17.5 Å². The number of hydrogen-bond acceptors (Lipinski definition) is 6. The monoisotopic (exact) mass is 411 g/mol. The standard InChI is InChI=1S/C19H24F3N5O2/c1-4-13(7-8-23)26-17(28)12-5-6-15(16(9-12)29-3)27-18-24-10-14(11(2)25-18)19(20,21)22/h5-6,9-10,13H,4,7-8,23H2,1-3H3,(H,26,28)(H,24,25,27). The van der Waals surface area contributed by atoms with Crippen LogP contribution in [-0.4, -0.2) is 35.6 Å². The zero-order valence-corrected chi connectivity index (χ0v) is 16.4. The Kier molecular flexibility index (Phi) is 7.38. The average molecular weight is 411 g/mol. The molecule has 0 saturated heterocycles. The molecule has 1 heterocycles. The largest absolute Gasteiger partial charge is 0.495 e. The van der Waals surface area contributed by atoms with Gasteiger partial charge in [0, 0.05) is 17.8 Å². The molecule has 0 fully saturated rings. The zero-order valence-electron chi connectivity index (χ0n) is 16.4. The third kappa shape index (κ3) is 5.80. The molecule has 1 atom stereocenters. The molecule has 158 valence electrons. The van der Waals surface area contributed by atoms with Crippen LogP contribution in [0.1, 0.15) is 41.4 Å². The number of amides is 1. The van der Waals surface area contributed by atoms with Crippen LogP contribution in [0.15, 0.2) is 24.4 Å². The topological polar surface area (TPSA) is 102 Å². The molecule has 0 aliphatic rings. The molecule has 2 rings (SSSR count). The summed E-state index contributed by atoms with van der Waals surface area (Å²) in [5, 5.41) is 5.72. The van der Waals surface area contributed by atoms with Gasteiger partial charge in [-0.2, -0.15) is 13.2 Å². The van der Waals surface area contributed by atoms with E-state index >= 15 is 0 Å². The molecule has 0 bridgehead atoms. The number of nitrogens with one attached hydrogen (secondary N) is 2. The number of aryl methyl sites for hydroxylation is 1. The van der Waals surface area contributed by atoms with Gasteiger partial charge in [0.2, 0.25) is 5.95 Å². The Morgan fingerprint density at radius 2 is 2.07 bits per heavy atom. The predicted octanol–water partition coefficient (Wildman–Crippen LogP) is 3.41. The minimum absolute atomic E-state index is 0.0139. The van der Waals surface area contributed by atoms with E-state index in [1.165, 1.54) is 20.1 Å². The molecule has 4 N–H and O–H groups in total. The van der Waals surface area contributed by atoms with Gasteiger partial charge in [-0.25, -0.2) is 9.97 Å². The highest BCUT2D eigenvalue weighted by molar-refractivity contribution is 5.95. The number of alkyl halides is 3. The molecule has 0 aliphatic carbocycles. The molecular formula is C19H24F3N5O2. The van der Waals surface area contributed by atoms with Crippen molar-refractivity contribution in [2.24, 2.45) is 5.73 Å². The van der Waals surface area contributed by atoms with Crippen LogP contribution < -0.4 is 21.1 Å². The molecule has 1 amide bonds. The second-order valence-corrected chi connectivity index (χ2v) is 6.39. The van der Waals surface area contributed by atoms with Crippen LogP contribution >= 0.6 is 0 Å². The van der Waals surface area contributed by atoms with Gasteiger partial charge in [-0.3, -0.25) is 4.79 Å². The normalized spacial score (nSPS) is 12.4. The van der Waals surface area contributed by atoms with Crippen molar-refractivity contribution in [3.8, 4) is 5.75 Å². The highest BCUT2D eigenvalue weighted by Gasteiger charge is 2.33. The molecule has 2 aromatic rings. The lowest BCUT2D eigenvalue weighted by molar-refractivity contribution is -0.138. The van der Waals surface area contributed by atoms with Gasteiger partial charge in [0.25, 0.3) is 5.91 Å². The summed E-state index contributed by atoms with van der Waals surface area (Å²) in [6.45, 7) is 3.68. The van der Waals surface area contributed by atoms with Crippen molar-refractivity contribution in [3.05, 3.63) is 41.2 Å². The molecule has 0 radical (unpaired) electrons. The number of anilines is 2. The molecule has 0 saturated carbocycles. The summed E-state index contributed by atoms with van der Waals surface area (Å²) in [5.74, 6) is 0.0439. The van der Waals surface area contributed by atoms with Crippen molar-refractivity contribution in [1.82, 2.24) is 15.3 Å². The van der Waals surface area contributed by atoms with Crippen molar-refractivity contribution in [2.45, 2.75) is 38.9 Å². The third-order valence-electron chi connectivity index (χ3n) is 4.34. The highest BCUT2D eigenvalue weighted by atomic mass is 19.4. The average Bonchev–Trinajstić information content (AvgIpc) is 2.66. The number of hydrogen-bond donors (Lipinski definition) is 3. The summed E-state index contributed by atoms with van der Waals surface area (Å²) in [7, 11) is 1.42. The smallest absolute Gasteiger partial charge is 0.419 e. The lowest BCUT2D eigenvalue weighted by Gasteiger charge is -2.17. The first kappa shape index (κ1) is 22.4. The Bertz CT molecular complexity index is 858. The fraction of sp³-hybridized carbons (Fsp3) is 0.421. The quantitative estimate of drug-likeness (QED) is 0.615. The van der Waals surface area contributed by atoms with Gasteiger partial charge in [0.1, 0.15) is 5.75 Å². The first-order valence-corrected chi connectivity index (χ1v) is 9.06. The Hall–Kier alpha value is -2.88. The Morgan fingerprint density at radius 1 is 1.34 bits per heavy atom. The Balaban J connectivity index is 2.21. The number of nitrogens with two attached hydrogens (primary N) is 1. The SMILES string of the molecule is CCC(CCN)NC(=O)c1ccc(Nc2ncc(C(F)(F)F)c(C)n2)c(OC)c1. The summed E-state index contributed by atoms with van der Waals surface area (Å²) < 4.78 is 43.8. The van der Waals surface area contributed by atoms with Gasteiger partial charge in [0.15, 0.2) is 0 Å². The van der Waals surface area contributed by atoms with Gasteiger partial charge in [0.05, 0.1) is 24.1 Å². The molecule has 1 aromatic carbocycles. The van der Waals surface area contributed by atoms with E-state index in [9.17, 15) is 18.0 Å². The lowest BCUT2D eigenvalue weighted by Crippen LogP contribution is -2.35. The van der Waals surface area contributed by atoms with Gasteiger partial charge in [-0.05, 0) is 44.5 Å². The van der Waals surface area contributed by atoms with Crippen LogP contribution in [0, 0.1) is 6.92 Å². The first-order chi connectivity index (χ1) is 13.7. The van der Waals surface area contributed by atoms with E-state index in [0.717, 1.165) is 12.6 Å². The number of nitrogens with zero attached hydrogens (tertiary/aromatic N) is 2. The zero-order chi connectivity index (χ0) is 21.6. The molecule has 29 heavy (non-hydrogen) atoms. The number of carbonyl (C=O) groups excluding carboxylic acids is 1. The fourth-order valence-corrected chi connectivity index (χ4v) is 2.71. The van der Waals surface area contributed by atoms with Crippen LogP contribution in [0.5, 0.6) is 5.75 Å². The van der Waals surface area contributed by atoms with E-state index in [-0.39, 0.29) is 23.6 Å². The number of methoxy groups -OCH3 is 1. The molecule has 0 spiro atoms. The molecule has 10 heteroatoms. The van der Waals surface area contributed by atoms with E-state index in [1.54, 1.807) is 12.1 Å². The van der Waals surface area contributed by atoms with Gasteiger partial charge in [-0.15, -0.1) is 0 Å². The van der Waals surface area contributed by atoms with Crippen LogP contribution in [0.25, 0.3) is 0 Å². The van der Waals surface area contributed by atoms with Crippen molar-refractivity contribution in [2.75, 3.05) is 19.0 Å². The summed E-state index contributed by atoms with van der Waals surface area (Å²) in [4.78, 5) is 20.0. The first-order valence-electron chi connectivity index (χ1n) is 9.06. The Morgan fingerprint density at radius 3 is 2.62 bits per heavy atom. The van der Waals surface area contributed by atoms with Crippen molar-refractivity contribution in [1.29, 1.82) is 0 Å². The number of aromatic nitrogens is 2. The molecule has 1 unspecified atom stereocenters. The van der Waals surface area contributed by atoms with Crippen LogP contribution in [0.4, 0.5) is 24.8 Å². The predicted molar refractivity (Wildman–Crippen MR) is 103 cm³/mol. The summed E-state index contributed by atoms with van der Waals surface area (Å²) in [6, 6.07) is 4.66. The maximum atomic E-state index is 12.8. The number of benzene rings is 1. The van der Waals surface area contributed by atoms with Crippen LogP contribution in [-0.2, 0) is 6.18 Å². The van der Waals surface area contributed by atoms with Gasteiger partial charge >= 0.3 is 6.18 Å². The van der Waals surface area contributed by atoms with Gasteiger partial charge in [-0.1, -0.05) is 6.92 Å². The number of halogens is 3. The fourth-order valence-electron chi connectivity index (χ4n) is 2.71. The van der Waals surface area contributed by atoms with Gasteiger partial charge < -0.3 is 21.1 Å². The highest BCUT2D eigenvalue weighted by Crippen LogP contribution is 2.32. The summed E-state index contributed by atoms with van der Waals surface area (Å²) in [5.41, 5.74) is 5.25. The third-order valence-corrected chi connectivity index (χ3v) is 4.34. The number of carbonyl (C=O) groups is 1. The van der Waals surface area contributed by atoms with E-state index in [1.807, 2.05) is 6.92 Å². The molecule has 7 nitrogen and oxygen atoms in total. The lowest BCUT2D eigenvalue weighted by atomic mass is 10.1. The van der Waals surface area contributed by atoms with Crippen LogP contribution in [0.3, 0.4) is 0 Å². The second-order valence-electron chi connectivity index (χ2n) is 6.39. The molecule has 0 aliphatic heterocycles. The summed E-state index contributed by atoms with van der Waals surface area (Å²) >= 11 is 0. The van der Waals surface area contributed by atoms with E-state index in [0.29, 0.717) is 30.0 Å². The summed E-state index contributed by atoms with van der Waals surface area (Å²) in [6.07, 6.45) is -2.37. The van der Waals surface area contributed by atoms with E-state index in [4.69, 9.17) is 10.5 Å². The maximum absolute atomic E-state index is 12.8. The number of ether oxygens (including phenoxy) is 1. The van der Waals surface area contributed by atoms with Crippen molar-refractivity contribution in [3.63, 3.8) is 0 Å². The minimum Gasteiger partial charge on any atom is -0.495 e. The minimum atomic E-state index is -4.52. The van der Waals surface area contributed by atoms with Crippen molar-refractivity contribution < 1.29 is 22.7 Å². The molecular weight excluding hydrogens is 387 g/mol. The second kappa shape index (κ2) is 9.55. The molecule has 1 aromatic heterocycles.